The summed E-state index contributed by atoms with van der Waals surface area (Å²) in [4.78, 5) is 4.09. The van der Waals surface area contributed by atoms with Gasteiger partial charge in [-0.25, -0.2) is 13.4 Å². The first-order valence-corrected chi connectivity index (χ1v) is 7.72. The minimum absolute atomic E-state index is 0.105. The second-order valence-corrected chi connectivity index (χ2v) is 6.19. The Labute approximate surface area is 120 Å². The first-order chi connectivity index (χ1) is 9.04. The number of benzene rings is 1. The number of para-hydroxylation sites is 1. The first kappa shape index (κ1) is 13.8. The summed E-state index contributed by atoms with van der Waals surface area (Å²) in [5, 5.41) is 2.76. The van der Waals surface area contributed by atoms with E-state index in [0.29, 0.717) is 16.0 Å². The molecule has 2 rings (SSSR count). The third kappa shape index (κ3) is 3.05. The second kappa shape index (κ2) is 5.58. The van der Waals surface area contributed by atoms with Gasteiger partial charge in [-0.05, 0) is 40.2 Å². The van der Waals surface area contributed by atoms with Crippen LogP contribution in [0.4, 0.5) is 11.5 Å². The van der Waals surface area contributed by atoms with Gasteiger partial charge >= 0.3 is 0 Å². The topological polar surface area (TPSA) is 71.1 Å². The molecule has 2 N–H and O–H groups in total. The van der Waals surface area contributed by atoms with Gasteiger partial charge in [-0.2, -0.15) is 0 Å². The molecule has 7 heteroatoms. The van der Waals surface area contributed by atoms with Crippen LogP contribution < -0.4 is 10.0 Å². The lowest BCUT2D eigenvalue weighted by atomic mass is 10.3. The SMILES string of the molecule is CNc1ncccc1S(=O)(=O)Nc1ccccc1Br. The van der Waals surface area contributed by atoms with Crippen LogP contribution in [0.15, 0.2) is 52.0 Å². The van der Waals surface area contributed by atoms with E-state index in [-0.39, 0.29) is 4.90 Å². The molecule has 19 heavy (non-hydrogen) atoms. The van der Waals surface area contributed by atoms with Crippen molar-refractivity contribution in [2.75, 3.05) is 17.1 Å². The van der Waals surface area contributed by atoms with Crippen molar-refractivity contribution in [3.63, 3.8) is 0 Å². The molecule has 0 unspecified atom stereocenters. The van der Waals surface area contributed by atoms with Gasteiger partial charge in [-0.1, -0.05) is 12.1 Å². The van der Waals surface area contributed by atoms with Gasteiger partial charge in [0.05, 0.1) is 5.69 Å². The molecule has 0 amide bonds. The summed E-state index contributed by atoms with van der Waals surface area (Å²) >= 11 is 3.30. The van der Waals surface area contributed by atoms with Crippen molar-refractivity contribution >= 4 is 37.5 Å². The van der Waals surface area contributed by atoms with Crippen LogP contribution in [0.25, 0.3) is 0 Å². The Morgan fingerprint density at radius 2 is 1.89 bits per heavy atom. The molecule has 0 saturated carbocycles. The van der Waals surface area contributed by atoms with Crippen molar-refractivity contribution in [2.24, 2.45) is 0 Å². The quantitative estimate of drug-likeness (QED) is 0.896. The van der Waals surface area contributed by atoms with E-state index in [2.05, 4.69) is 31.0 Å². The van der Waals surface area contributed by atoms with Crippen molar-refractivity contribution in [3.05, 3.63) is 47.1 Å². The molecule has 1 aromatic carbocycles. The van der Waals surface area contributed by atoms with Crippen LogP contribution in [0.1, 0.15) is 0 Å². The van der Waals surface area contributed by atoms with Gasteiger partial charge in [0.15, 0.2) is 0 Å². The summed E-state index contributed by atoms with van der Waals surface area (Å²) in [7, 11) is -2.06. The molecule has 1 heterocycles. The largest absolute Gasteiger partial charge is 0.372 e. The van der Waals surface area contributed by atoms with E-state index in [9.17, 15) is 8.42 Å². The van der Waals surface area contributed by atoms with E-state index in [1.54, 1.807) is 31.3 Å². The smallest absolute Gasteiger partial charge is 0.265 e. The van der Waals surface area contributed by atoms with Crippen LogP contribution in [0.2, 0.25) is 0 Å². The predicted octanol–water partition coefficient (Wildman–Crippen LogP) is 2.69. The fourth-order valence-electron chi connectivity index (χ4n) is 1.54. The zero-order valence-corrected chi connectivity index (χ0v) is 12.5. The summed E-state index contributed by atoms with van der Waals surface area (Å²) < 4.78 is 27.8. The number of sulfonamides is 1. The molecule has 100 valence electrons. The minimum atomic E-state index is -3.68. The van der Waals surface area contributed by atoms with Crippen LogP contribution in [0.3, 0.4) is 0 Å². The van der Waals surface area contributed by atoms with Gasteiger partial charge in [-0.15, -0.1) is 0 Å². The van der Waals surface area contributed by atoms with Crippen LogP contribution in [-0.4, -0.2) is 20.4 Å². The van der Waals surface area contributed by atoms with Crippen LogP contribution in [0.5, 0.6) is 0 Å². The van der Waals surface area contributed by atoms with Crippen molar-refractivity contribution in [2.45, 2.75) is 4.90 Å². The second-order valence-electron chi connectivity index (χ2n) is 3.69. The predicted molar refractivity (Wildman–Crippen MR) is 78.7 cm³/mol. The number of nitrogens with zero attached hydrogens (tertiary/aromatic N) is 1. The molecule has 0 spiro atoms. The fourth-order valence-corrected chi connectivity index (χ4v) is 3.30. The molecule has 0 saturated heterocycles. The summed E-state index contributed by atoms with van der Waals surface area (Å²) in [6.45, 7) is 0. The van der Waals surface area contributed by atoms with Crippen LogP contribution in [-0.2, 0) is 10.0 Å². The summed E-state index contributed by atoms with van der Waals surface area (Å²) in [5.74, 6) is 0.307. The highest BCUT2D eigenvalue weighted by molar-refractivity contribution is 9.10. The van der Waals surface area contributed by atoms with E-state index in [1.165, 1.54) is 12.3 Å². The molecular formula is C12H12BrN3O2S. The maximum atomic E-state index is 12.3. The van der Waals surface area contributed by atoms with E-state index < -0.39 is 10.0 Å². The molecule has 0 fully saturated rings. The van der Waals surface area contributed by atoms with Crippen LogP contribution >= 0.6 is 15.9 Å². The Bertz CT molecular complexity index is 689. The summed E-state index contributed by atoms with van der Waals surface area (Å²) in [5.41, 5.74) is 0.480. The normalized spacial score (nSPS) is 11.1. The van der Waals surface area contributed by atoms with E-state index in [4.69, 9.17) is 0 Å². The van der Waals surface area contributed by atoms with Crippen molar-refractivity contribution in [1.82, 2.24) is 4.98 Å². The average Bonchev–Trinajstić information content (AvgIpc) is 2.41. The number of halogens is 1. The molecule has 0 bridgehead atoms. The van der Waals surface area contributed by atoms with Crippen molar-refractivity contribution in [3.8, 4) is 0 Å². The van der Waals surface area contributed by atoms with Crippen molar-refractivity contribution < 1.29 is 8.42 Å². The number of rotatable bonds is 4. The Hall–Kier alpha value is -1.60. The van der Waals surface area contributed by atoms with E-state index in [0.717, 1.165) is 0 Å². The highest BCUT2D eigenvalue weighted by atomic mass is 79.9. The molecular weight excluding hydrogens is 330 g/mol. The number of pyridine rings is 1. The standard InChI is InChI=1S/C12H12BrN3O2S/c1-14-12-11(7-4-8-15-12)19(17,18)16-10-6-3-2-5-9(10)13/h2-8,16H,1H3,(H,14,15). The zero-order chi connectivity index (χ0) is 13.9. The fraction of sp³-hybridized carbons (Fsp3) is 0.0833. The number of hydrogen-bond acceptors (Lipinski definition) is 4. The Morgan fingerprint density at radius 3 is 2.58 bits per heavy atom. The Balaban J connectivity index is 2.41. The van der Waals surface area contributed by atoms with Gasteiger partial charge in [-0.3, -0.25) is 4.72 Å². The lowest BCUT2D eigenvalue weighted by molar-refractivity contribution is 0.601. The number of anilines is 2. The highest BCUT2D eigenvalue weighted by Gasteiger charge is 2.19. The molecule has 0 radical (unpaired) electrons. The molecule has 1 aromatic heterocycles. The van der Waals surface area contributed by atoms with Crippen LogP contribution in [0, 0.1) is 0 Å². The third-order valence-corrected chi connectivity index (χ3v) is 4.50. The monoisotopic (exact) mass is 341 g/mol. The average molecular weight is 342 g/mol. The van der Waals surface area contributed by atoms with Gasteiger partial charge in [0, 0.05) is 17.7 Å². The van der Waals surface area contributed by atoms with Crippen molar-refractivity contribution in [1.29, 1.82) is 0 Å². The molecule has 0 aliphatic carbocycles. The molecule has 0 atom stereocenters. The molecule has 2 aromatic rings. The maximum absolute atomic E-state index is 12.3. The first-order valence-electron chi connectivity index (χ1n) is 5.45. The number of nitrogens with one attached hydrogen (secondary N) is 2. The van der Waals surface area contributed by atoms with Gasteiger partial charge in [0.2, 0.25) is 0 Å². The Morgan fingerprint density at radius 1 is 1.16 bits per heavy atom. The summed E-state index contributed by atoms with van der Waals surface area (Å²) in [6.07, 6.45) is 1.53. The molecule has 0 aliphatic heterocycles. The molecule has 5 nitrogen and oxygen atoms in total. The lowest BCUT2D eigenvalue weighted by Gasteiger charge is -2.12. The van der Waals surface area contributed by atoms with Gasteiger partial charge < -0.3 is 5.32 Å². The third-order valence-electron chi connectivity index (χ3n) is 2.42. The lowest BCUT2D eigenvalue weighted by Crippen LogP contribution is -2.15. The van der Waals surface area contributed by atoms with Gasteiger partial charge in [0.25, 0.3) is 10.0 Å². The summed E-state index contributed by atoms with van der Waals surface area (Å²) in [6, 6.07) is 10.1. The minimum Gasteiger partial charge on any atom is -0.372 e. The zero-order valence-electron chi connectivity index (χ0n) is 10.1. The highest BCUT2D eigenvalue weighted by Crippen LogP contribution is 2.26. The van der Waals surface area contributed by atoms with E-state index >= 15 is 0 Å². The number of aromatic nitrogens is 1. The van der Waals surface area contributed by atoms with Gasteiger partial charge in [0.1, 0.15) is 10.7 Å². The van der Waals surface area contributed by atoms with E-state index in [1.807, 2.05) is 6.07 Å². The maximum Gasteiger partial charge on any atom is 0.265 e. The Kier molecular flexibility index (Phi) is 4.06. The number of hydrogen-bond donors (Lipinski definition) is 2. The molecule has 0 aliphatic rings.